The van der Waals surface area contributed by atoms with Gasteiger partial charge < -0.3 is 15.4 Å². The van der Waals surface area contributed by atoms with Gasteiger partial charge in [0.2, 0.25) is 0 Å². The van der Waals surface area contributed by atoms with Gasteiger partial charge in [-0.3, -0.25) is 4.99 Å². The van der Waals surface area contributed by atoms with E-state index in [1.165, 1.54) is 12.0 Å². The maximum atomic E-state index is 5.16. The first-order valence-corrected chi connectivity index (χ1v) is 7.40. The maximum Gasteiger partial charge on any atom is 0.191 e. The largest absolute Gasteiger partial charge is 0.497 e. The molecule has 5 heteroatoms. The molecule has 1 fully saturated rings. The van der Waals surface area contributed by atoms with Crippen LogP contribution in [0.4, 0.5) is 0 Å². The minimum Gasteiger partial charge on any atom is -0.497 e. The van der Waals surface area contributed by atoms with Crippen LogP contribution in [0.2, 0.25) is 0 Å². The van der Waals surface area contributed by atoms with Crippen molar-refractivity contribution in [2.75, 3.05) is 20.2 Å². The van der Waals surface area contributed by atoms with E-state index in [-0.39, 0.29) is 24.0 Å². The third kappa shape index (κ3) is 6.11. The van der Waals surface area contributed by atoms with Crippen LogP contribution in [0.1, 0.15) is 25.8 Å². The molecule has 4 nitrogen and oxygen atoms in total. The van der Waals surface area contributed by atoms with Crippen molar-refractivity contribution in [3.05, 3.63) is 29.8 Å². The Morgan fingerprint density at radius 2 is 2.00 bits per heavy atom. The number of ether oxygens (including phenoxy) is 1. The van der Waals surface area contributed by atoms with E-state index in [9.17, 15) is 0 Å². The zero-order valence-corrected chi connectivity index (χ0v) is 15.4. The second kappa shape index (κ2) is 9.12. The van der Waals surface area contributed by atoms with E-state index in [1.54, 1.807) is 7.11 Å². The maximum absolute atomic E-state index is 5.16. The Kier molecular flexibility index (Phi) is 7.85. The number of halogens is 1. The Labute approximate surface area is 144 Å². The van der Waals surface area contributed by atoms with E-state index < -0.39 is 0 Å². The molecule has 21 heavy (non-hydrogen) atoms. The van der Waals surface area contributed by atoms with Crippen LogP contribution in [0.15, 0.2) is 29.3 Å². The van der Waals surface area contributed by atoms with Gasteiger partial charge >= 0.3 is 0 Å². The van der Waals surface area contributed by atoms with Gasteiger partial charge in [0.05, 0.1) is 7.11 Å². The highest BCUT2D eigenvalue weighted by molar-refractivity contribution is 14.0. The van der Waals surface area contributed by atoms with Gasteiger partial charge in [-0.2, -0.15) is 0 Å². The number of benzene rings is 1. The van der Waals surface area contributed by atoms with Crippen LogP contribution < -0.4 is 15.4 Å². The van der Waals surface area contributed by atoms with E-state index >= 15 is 0 Å². The summed E-state index contributed by atoms with van der Waals surface area (Å²) in [6.07, 6.45) is 2.20. The second-order valence-electron chi connectivity index (χ2n) is 5.32. The molecule has 118 valence electrons. The molecule has 1 saturated carbocycles. The molecule has 2 atom stereocenters. The van der Waals surface area contributed by atoms with Crippen LogP contribution in [0.25, 0.3) is 0 Å². The molecule has 0 radical (unpaired) electrons. The standard InChI is InChI=1S/C16H25N3O.HI/c1-4-17-16(19-15-11-12(15)2)18-10-9-13-5-7-14(20-3)8-6-13;/h5-8,12,15H,4,9-11H2,1-3H3,(H2,17,18,19);1H. The molecule has 2 rings (SSSR count). The zero-order chi connectivity index (χ0) is 14.4. The van der Waals surface area contributed by atoms with Crippen molar-refractivity contribution >= 4 is 29.9 Å². The van der Waals surface area contributed by atoms with Crippen LogP contribution in [0, 0.1) is 5.92 Å². The lowest BCUT2D eigenvalue weighted by atomic mass is 10.1. The van der Waals surface area contributed by atoms with Gasteiger partial charge in [0, 0.05) is 19.1 Å². The summed E-state index contributed by atoms with van der Waals surface area (Å²) in [5.41, 5.74) is 1.28. The number of nitrogens with one attached hydrogen (secondary N) is 2. The predicted molar refractivity (Wildman–Crippen MR) is 98.8 cm³/mol. The van der Waals surface area contributed by atoms with Crippen molar-refractivity contribution in [1.29, 1.82) is 0 Å². The van der Waals surface area contributed by atoms with Crippen molar-refractivity contribution in [2.45, 2.75) is 32.7 Å². The highest BCUT2D eigenvalue weighted by Crippen LogP contribution is 2.28. The number of aliphatic imine (C=N–C) groups is 1. The fourth-order valence-electron chi connectivity index (χ4n) is 2.11. The fourth-order valence-corrected chi connectivity index (χ4v) is 2.11. The molecule has 0 spiro atoms. The molecule has 1 aliphatic rings. The van der Waals surface area contributed by atoms with E-state index in [2.05, 4.69) is 41.6 Å². The van der Waals surface area contributed by atoms with E-state index in [1.807, 2.05) is 12.1 Å². The average Bonchev–Trinajstić information content (AvgIpc) is 3.15. The summed E-state index contributed by atoms with van der Waals surface area (Å²) in [5, 5.41) is 6.76. The van der Waals surface area contributed by atoms with Gasteiger partial charge in [0.15, 0.2) is 5.96 Å². The lowest BCUT2D eigenvalue weighted by Crippen LogP contribution is -2.39. The monoisotopic (exact) mass is 403 g/mol. The topological polar surface area (TPSA) is 45.7 Å². The summed E-state index contributed by atoms with van der Waals surface area (Å²) in [7, 11) is 1.69. The summed E-state index contributed by atoms with van der Waals surface area (Å²) >= 11 is 0. The normalized spacial score (nSPS) is 20.4. The third-order valence-electron chi connectivity index (χ3n) is 3.61. The molecule has 0 heterocycles. The summed E-state index contributed by atoms with van der Waals surface area (Å²) in [6, 6.07) is 8.78. The molecular formula is C16H26IN3O. The third-order valence-corrected chi connectivity index (χ3v) is 3.61. The number of methoxy groups -OCH3 is 1. The summed E-state index contributed by atoms with van der Waals surface area (Å²) < 4.78 is 5.16. The van der Waals surface area contributed by atoms with E-state index in [0.29, 0.717) is 6.04 Å². The molecule has 1 aliphatic carbocycles. The number of rotatable bonds is 6. The molecule has 2 N–H and O–H groups in total. The minimum absolute atomic E-state index is 0. The zero-order valence-electron chi connectivity index (χ0n) is 13.1. The van der Waals surface area contributed by atoms with E-state index in [0.717, 1.165) is 37.1 Å². The highest BCUT2D eigenvalue weighted by Gasteiger charge is 2.33. The molecule has 1 aromatic rings. The Balaban J connectivity index is 0.00000220. The molecule has 0 amide bonds. The van der Waals surface area contributed by atoms with Crippen LogP contribution in [-0.4, -0.2) is 32.2 Å². The number of guanidine groups is 1. The summed E-state index contributed by atoms with van der Waals surface area (Å²) in [4.78, 5) is 4.63. The molecule has 1 aromatic carbocycles. The molecule has 2 unspecified atom stereocenters. The van der Waals surface area contributed by atoms with Crippen LogP contribution in [0.5, 0.6) is 5.75 Å². The van der Waals surface area contributed by atoms with Crippen LogP contribution in [-0.2, 0) is 6.42 Å². The molecule has 0 aromatic heterocycles. The van der Waals surface area contributed by atoms with Crippen molar-refractivity contribution in [3.63, 3.8) is 0 Å². The van der Waals surface area contributed by atoms with Crippen molar-refractivity contribution in [3.8, 4) is 5.75 Å². The Morgan fingerprint density at radius 3 is 2.52 bits per heavy atom. The van der Waals surface area contributed by atoms with Gasteiger partial charge in [-0.05, 0) is 43.4 Å². The first kappa shape index (κ1) is 18.1. The lowest BCUT2D eigenvalue weighted by molar-refractivity contribution is 0.414. The summed E-state index contributed by atoms with van der Waals surface area (Å²) in [6.45, 7) is 6.05. The Hall–Kier alpha value is -0.980. The van der Waals surface area contributed by atoms with Crippen LogP contribution in [0.3, 0.4) is 0 Å². The van der Waals surface area contributed by atoms with Gasteiger partial charge in [-0.1, -0.05) is 19.1 Å². The SMILES string of the molecule is CCNC(=NCCc1ccc(OC)cc1)NC1CC1C.I. The minimum atomic E-state index is 0. The first-order valence-electron chi connectivity index (χ1n) is 7.40. The van der Waals surface area contributed by atoms with Gasteiger partial charge in [-0.15, -0.1) is 24.0 Å². The fraction of sp³-hybridized carbons (Fsp3) is 0.562. The molecular weight excluding hydrogens is 377 g/mol. The first-order chi connectivity index (χ1) is 9.72. The lowest BCUT2D eigenvalue weighted by Gasteiger charge is -2.10. The average molecular weight is 403 g/mol. The highest BCUT2D eigenvalue weighted by atomic mass is 127. The second-order valence-corrected chi connectivity index (χ2v) is 5.32. The van der Waals surface area contributed by atoms with Crippen molar-refractivity contribution in [1.82, 2.24) is 10.6 Å². The van der Waals surface area contributed by atoms with Crippen molar-refractivity contribution in [2.24, 2.45) is 10.9 Å². The van der Waals surface area contributed by atoms with Crippen LogP contribution >= 0.6 is 24.0 Å². The number of hydrogen-bond donors (Lipinski definition) is 2. The Bertz CT molecular complexity index is 447. The quantitative estimate of drug-likeness (QED) is 0.436. The molecule has 0 aliphatic heterocycles. The smallest absolute Gasteiger partial charge is 0.191 e. The molecule has 0 saturated heterocycles. The Morgan fingerprint density at radius 1 is 1.33 bits per heavy atom. The number of nitrogens with zero attached hydrogens (tertiary/aromatic N) is 1. The van der Waals surface area contributed by atoms with Crippen molar-refractivity contribution < 1.29 is 4.74 Å². The summed E-state index contributed by atoms with van der Waals surface area (Å²) in [5.74, 6) is 2.62. The van der Waals surface area contributed by atoms with Gasteiger partial charge in [0.1, 0.15) is 5.75 Å². The van der Waals surface area contributed by atoms with Gasteiger partial charge in [0.25, 0.3) is 0 Å². The van der Waals surface area contributed by atoms with Gasteiger partial charge in [-0.25, -0.2) is 0 Å². The molecule has 0 bridgehead atoms. The number of hydrogen-bond acceptors (Lipinski definition) is 2. The van der Waals surface area contributed by atoms with E-state index in [4.69, 9.17) is 4.74 Å². The predicted octanol–water partition coefficient (Wildman–Crippen LogP) is 2.82.